The minimum atomic E-state index is -1.38. The number of rotatable bonds is 7. The second-order valence-electron chi connectivity index (χ2n) is 12.6. The van der Waals surface area contributed by atoms with Gasteiger partial charge in [0.15, 0.2) is 11.5 Å². The summed E-state index contributed by atoms with van der Waals surface area (Å²) in [5.41, 5.74) is 1.22. The molecule has 1 N–H and O–H groups in total. The van der Waals surface area contributed by atoms with Crippen LogP contribution in [-0.4, -0.2) is 46.8 Å². The van der Waals surface area contributed by atoms with Crippen LogP contribution in [0.5, 0.6) is 11.5 Å². The normalized spacial score (nSPS) is 28.6. The molecule has 0 radical (unpaired) electrons. The van der Waals surface area contributed by atoms with Gasteiger partial charge in [0.1, 0.15) is 0 Å². The van der Waals surface area contributed by atoms with Crippen LogP contribution in [0.25, 0.3) is 0 Å². The van der Waals surface area contributed by atoms with Gasteiger partial charge in [-0.25, -0.2) is 4.90 Å². The first-order valence-corrected chi connectivity index (χ1v) is 16.3. The standard InChI is InChI=1S/C37H35ClN2O6/c1-3-17-39-33(42)26-15-14-25-27(31(26)35(39)44)20-28-34(43)40(24-12-8-11-23(38)19-24)36(45)37(28,22-9-6-5-7-10-22)32(25)21-13-16-29(41)30(18-21)46-4-2/h5-14,16,18-19,26-28,31-32,41H,3-4,15,17,20H2,1-2H3. The molecule has 2 aliphatic heterocycles. The molecule has 6 atom stereocenters. The molecule has 7 rings (SSSR count). The molecule has 3 fully saturated rings. The number of amides is 4. The molecule has 2 saturated heterocycles. The van der Waals surface area contributed by atoms with Gasteiger partial charge in [-0.05, 0) is 73.6 Å². The van der Waals surface area contributed by atoms with E-state index in [2.05, 4.69) is 0 Å². The van der Waals surface area contributed by atoms with Gasteiger partial charge in [-0.2, -0.15) is 0 Å². The molecule has 3 aromatic rings. The molecular formula is C37H35ClN2O6. The highest BCUT2D eigenvalue weighted by Gasteiger charge is 2.70. The predicted octanol–water partition coefficient (Wildman–Crippen LogP) is 6.02. The van der Waals surface area contributed by atoms with Gasteiger partial charge < -0.3 is 9.84 Å². The Hall–Kier alpha value is -4.43. The van der Waals surface area contributed by atoms with Crippen molar-refractivity contribution in [3.8, 4) is 11.5 Å². The molecular weight excluding hydrogens is 604 g/mol. The van der Waals surface area contributed by atoms with Gasteiger partial charge in [-0.3, -0.25) is 24.1 Å². The highest BCUT2D eigenvalue weighted by molar-refractivity contribution is 6.32. The quantitative estimate of drug-likeness (QED) is 0.251. The van der Waals surface area contributed by atoms with Gasteiger partial charge in [0.25, 0.3) is 0 Å². The Labute approximate surface area is 272 Å². The number of anilines is 1. The van der Waals surface area contributed by atoms with E-state index in [0.717, 1.165) is 5.57 Å². The molecule has 46 heavy (non-hydrogen) atoms. The Balaban J connectivity index is 1.50. The zero-order chi connectivity index (χ0) is 32.3. The number of carbonyl (C=O) groups is 4. The SMILES string of the molecule is CCCN1C(=O)C2CC=C3C(CC4C(=O)N(c5cccc(Cl)c5)C(=O)C4(c4ccccc4)C3c3ccc(O)c(OCC)c3)C2C1=O. The maximum Gasteiger partial charge on any atom is 0.246 e. The van der Waals surface area contributed by atoms with E-state index in [1.807, 2.05) is 50.3 Å². The average molecular weight is 639 g/mol. The molecule has 4 aliphatic rings. The number of phenols is 1. The van der Waals surface area contributed by atoms with Crippen LogP contribution in [0.1, 0.15) is 50.2 Å². The zero-order valence-corrected chi connectivity index (χ0v) is 26.4. The van der Waals surface area contributed by atoms with E-state index in [1.165, 1.54) is 9.80 Å². The van der Waals surface area contributed by atoms with E-state index in [1.54, 1.807) is 42.5 Å². The molecule has 8 nitrogen and oxygen atoms in total. The van der Waals surface area contributed by atoms with Crippen LogP contribution in [-0.2, 0) is 24.6 Å². The Morgan fingerprint density at radius 1 is 0.913 bits per heavy atom. The van der Waals surface area contributed by atoms with E-state index in [-0.39, 0.29) is 41.5 Å². The van der Waals surface area contributed by atoms with Crippen LogP contribution >= 0.6 is 11.6 Å². The number of allylic oxidation sites excluding steroid dienone is 2. The molecule has 9 heteroatoms. The maximum absolute atomic E-state index is 15.2. The molecule has 6 unspecified atom stereocenters. The molecule has 236 valence electrons. The number of hydrogen-bond donors (Lipinski definition) is 1. The van der Waals surface area contributed by atoms with Crippen molar-refractivity contribution in [1.82, 2.24) is 4.90 Å². The Bertz CT molecular complexity index is 1790. The van der Waals surface area contributed by atoms with Crippen molar-refractivity contribution in [3.63, 3.8) is 0 Å². The zero-order valence-electron chi connectivity index (χ0n) is 25.7. The summed E-state index contributed by atoms with van der Waals surface area (Å²) >= 11 is 6.37. The molecule has 3 aromatic carbocycles. The summed E-state index contributed by atoms with van der Waals surface area (Å²) in [7, 11) is 0. The fourth-order valence-corrected chi connectivity index (χ4v) is 8.79. The van der Waals surface area contributed by atoms with Crippen LogP contribution in [0.3, 0.4) is 0 Å². The van der Waals surface area contributed by atoms with Crippen molar-refractivity contribution in [2.24, 2.45) is 23.7 Å². The lowest BCUT2D eigenvalue weighted by Gasteiger charge is -2.50. The lowest BCUT2D eigenvalue weighted by molar-refractivity contribution is -0.140. The minimum absolute atomic E-state index is 0.0397. The third-order valence-electron chi connectivity index (χ3n) is 10.3. The number of aromatic hydroxyl groups is 1. The predicted molar refractivity (Wildman–Crippen MR) is 172 cm³/mol. The first kappa shape index (κ1) is 30.2. The second-order valence-corrected chi connectivity index (χ2v) is 13.0. The summed E-state index contributed by atoms with van der Waals surface area (Å²) in [4.78, 5) is 60.1. The Morgan fingerprint density at radius 2 is 1.70 bits per heavy atom. The maximum atomic E-state index is 15.2. The van der Waals surface area contributed by atoms with Crippen LogP contribution in [0.15, 0.2) is 84.4 Å². The van der Waals surface area contributed by atoms with Gasteiger partial charge in [0.2, 0.25) is 23.6 Å². The number of ether oxygens (including phenoxy) is 1. The fraction of sp³-hybridized carbons (Fsp3) is 0.351. The van der Waals surface area contributed by atoms with Crippen molar-refractivity contribution in [1.29, 1.82) is 0 Å². The van der Waals surface area contributed by atoms with E-state index in [9.17, 15) is 19.5 Å². The topological polar surface area (TPSA) is 104 Å². The number of fused-ring (bicyclic) bond motifs is 4. The second kappa shape index (κ2) is 11.4. The van der Waals surface area contributed by atoms with E-state index >= 15 is 4.79 Å². The van der Waals surface area contributed by atoms with Crippen molar-refractivity contribution >= 4 is 40.9 Å². The molecule has 2 heterocycles. The Kier molecular flexibility index (Phi) is 7.51. The largest absolute Gasteiger partial charge is 0.504 e. The third kappa shape index (κ3) is 4.26. The fourth-order valence-electron chi connectivity index (χ4n) is 8.61. The first-order chi connectivity index (χ1) is 22.2. The van der Waals surface area contributed by atoms with Gasteiger partial charge in [0.05, 0.1) is 35.5 Å². The summed E-state index contributed by atoms with van der Waals surface area (Å²) in [5, 5.41) is 11.1. The molecule has 0 aromatic heterocycles. The smallest absolute Gasteiger partial charge is 0.246 e. The summed E-state index contributed by atoms with van der Waals surface area (Å²) in [6.45, 7) is 4.42. The molecule has 2 aliphatic carbocycles. The van der Waals surface area contributed by atoms with Crippen LogP contribution in [0, 0.1) is 23.7 Å². The van der Waals surface area contributed by atoms with Crippen molar-refractivity contribution in [3.05, 3.63) is 101 Å². The number of benzene rings is 3. The van der Waals surface area contributed by atoms with Gasteiger partial charge in [-0.1, -0.05) is 72.6 Å². The highest BCUT2D eigenvalue weighted by Crippen LogP contribution is 2.64. The summed E-state index contributed by atoms with van der Waals surface area (Å²) < 4.78 is 5.80. The van der Waals surface area contributed by atoms with Gasteiger partial charge in [-0.15, -0.1) is 0 Å². The Morgan fingerprint density at radius 3 is 2.41 bits per heavy atom. The summed E-state index contributed by atoms with van der Waals surface area (Å²) in [6, 6.07) is 21.1. The van der Waals surface area contributed by atoms with E-state index < -0.39 is 35.0 Å². The number of halogens is 1. The van der Waals surface area contributed by atoms with E-state index in [4.69, 9.17) is 16.3 Å². The number of hydrogen-bond acceptors (Lipinski definition) is 6. The summed E-state index contributed by atoms with van der Waals surface area (Å²) in [6.07, 6.45) is 3.28. The van der Waals surface area contributed by atoms with Crippen LogP contribution in [0.4, 0.5) is 5.69 Å². The summed E-state index contributed by atoms with van der Waals surface area (Å²) in [5.74, 6) is -4.00. The average Bonchev–Trinajstić information content (AvgIpc) is 3.43. The molecule has 0 spiro atoms. The van der Waals surface area contributed by atoms with Crippen molar-refractivity contribution in [2.45, 2.75) is 44.4 Å². The van der Waals surface area contributed by atoms with Crippen molar-refractivity contribution < 1.29 is 29.0 Å². The number of nitrogens with zero attached hydrogens (tertiary/aromatic N) is 2. The van der Waals surface area contributed by atoms with Gasteiger partial charge >= 0.3 is 0 Å². The van der Waals surface area contributed by atoms with E-state index in [0.29, 0.717) is 47.8 Å². The highest BCUT2D eigenvalue weighted by atomic mass is 35.5. The lowest BCUT2D eigenvalue weighted by atomic mass is 9.49. The number of phenolic OH excluding ortho intramolecular Hbond substituents is 1. The monoisotopic (exact) mass is 638 g/mol. The number of imide groups is 2. The third-order valence-corrected chi connectivity index (χ3v) is 10.6. The lowest BCUT2D eigenvalue weighted by Crippen LogP contribution is -2.53. The minimum Gasteiger partial charge on any atom is -0.504 e. The molecule has 4 amide bonds. The van der Waals surface area contributed by atoms with Crippen LogP contribution in [0.2, 0.25) is 5.02 Å². The van der Waals surface area contributed by atoms with Crippen LogP contribution < -0.4 is 9.64 Å². The molecule has 1 saturated carbocycles. The first-order valence-electron chi connectivity index (χ1n) is 15.9. The number of likely N-dealkylation sites (tertiary alicyclic amines) is 1. The molecule has 0 bridgehead atoms. The number of carbonyl (C=O) groups excluding carboxylic acids is 4. The van der Waals surface area contributed by atoms with Crippen molar-refractivity contribution in [2.75, 3.05) is 18.1 Å². The van der Waals surface area contributed by atoms with Gasteiger partial charge in [0, 0.05) is 17.5 Å².